The number of amides is 3. The molecule has 0 N–H and O–H groups in total. The molecule has 0 radical (unpaired) electrons. The third kappa shape index (κ3) is 2.90. The summed E-state index contributed by atoms with van der Waals surface area (Å²) in [4.78, 5) is 45.9. The molecule has 3 aromatic rings. The maximum absolute atomic E-state index is 13.4. The Morgan fingerprint density at radius 2 is 1.57 bits per heavy atom. The summed E-state index contributed by atoms with van der Waals surface area (Å²) in [6.07, 6.45) is 0. The average Bonchev–Trinajstić information content (AvgIpc) is 3.24. The van der Waals surface area contributed by atoms with Crippen LogP contribution in [-0.2, 0) is 4.79 Å². The van der Waals surface area contributed by atoms with Crippen molar-refractivity contribution < 1.29 is 14.4 Å². The second-order valence-electron chi connectivity index (χ2n) is 6.48. The van der Waals surface area contributed by atoms with E-state index in [-0.39, 0.29) is 0 Å². The molecule has 1 atom stereocenters. The first kappa shape index (κ1) is 18.1. The summed E-state index contributed by atoms with van der Waals surface area (Å²) in [7, 11) is 0. The first-order valence-corrected chi connectivity index (χ1v) is 9.65. The molecule has 1 aliphatic heterocycles. The Morgan fingerprint density at radius 1 is 1.00 bits per heavy atom. The van der Waals surface area contributed by atoms with Crippen LogP contribution in [0.2, 0.25) is 0 Å². The van der Waals surface area contributed by atoms with E-state index in [4.69, 9.17) is 0 Å². The summed E-state index contributed by atoms with van der Waals surface area (Å²) < 4.78 is 0. The molecular formula is C21H17N3O3S. The lowest BCUT2D eigenvalue weighted by atomic mass is 10.1. The number of fused-ring (bicyclic) bond motifs is 1. The van der Waals surface area contributed by atoms with Crippen LogP contribution in [0.15, 0.2) is 60.0 Å². The average molecular weight is 391 g/mol. The molecule has 7 heteroatoms. The Hall–Kier alpha value is -3.32. The monoisotopic (exact) mass is 391 g/mol. The minimum Gasteiger partial charge on any atom is -0.272 e. The fourth-order valence-electron chi connectivity index (χ4n) is 3.21. The standard InChI is InChI=1S/C21H17N3O3S/c1-13-12-28-21(22-13)24(15-8-4-3-5-9-15)18(25)14(2)23-19(26)16-10-6-7-11-17(16)20(23)27/h3-12,14H,1-2H3. The van der Waals surface area contributed by atoms with Crippen molar-refractivity contribution in [2.24, 2.45) is 0 Å². The van der Waals surface area contributed by atoms with Gasteiger partial charge in [-0.1, -0.05) is 30.3 Å². The van der Waals surface area contributed by atoms with Crippen molar-refractivity contribution in [3.05, 3.63) is 76.8 Å². The van der Waals surface area contributed by atoms with Crippen LogP contribution in [0, 0.1) is 6.92 Å². The summed E-state index contributed by atoms with van der Waals surface area (Å²) in [6.45, 7) is 3.42. The molecule has 1 aliphatic rings. The van der Waals surface area contributed by atoms with Gasteiger partial charge in [-0.15, -0.1) is 11.3 Å². The van der Waals surface area contributed by atoms with Crippen LogP contribution < -0.4 is 4.90 Å². The summed E-state index contributed by atoms with van der Waals surface area (Å²) in [5.41, 5.74) is 2.07. The van der Waals surface area contributed by atoms with Gasteiger partial charge in [-0.05, 0) is 38.1 Å². The summed E-state index contributed by atoms with van der Waals surface area (Å²) in [6, 6.07) is 14.7. The van der Waals surface area contributed by atoms with Crippen molar-refractivity contribution in [3.63, 3.8) is 0 Å². The molecule has 6 nitrogen and oxygen atoms in total. The van der Waals surface area contributed by atoms with Gasteiger partial charge in [0.1, 0.15) is 6.04 Å². The summed E-state index contributed by atoms with van der Waals surface area (Å²) >= 11 is 1.34. The first-order valence-electron chi connectivity index (χ1n) is 8.77. The number of benzene rings is 2. The van der Waals surface area contributed by atoms with E-state index in [2.05, 4.69) is 4.98 Å². The second-order valence-corrected chi connectivity index (χ2v) is 7.32. The smallest absolute Gasteiger partial charge is 0.262 e. The first-order chi connectivity index (χ1) is 13.5. The minimum absolute atomic E-state index is 0.323. The van der Waals surface area contributed by atoms with Crippen LogP contribution in [0.3, 0.4) is 0 Å². The molecule has 3 amide bonds. The number of aryl methyl sites for hydroxylation is 1. The summed E-state index contributed by atoms with van der Waals surface area (Å²) in [5, 5.41) is 2.35. The SMILES string of the molecule is Cc1csc(N(C(=O)C(C)N2C(=O)c3ccccc3C2=O)c2ccccc2)n1. The van der Waals surface area contributed by atoms with Crippen LogP contribution in [0.25, 0.3) is 0 Å². The van der Waals surface area contributed by atoms with Crippen LogP contribution in [0.5, 0.6) is 0 Å². The van der Waals surface area contributed by atoms with E-state index in [1.54, 1.807) is 43.3 Å². The topological polar surface area (TPSA) is 70.6 Å². The minimum atomic E-state index is -0.975. The normalized spacial score (nSPS) is 14.1. The number of imide groups is 1. The van der Waals surface area contributed by atoms with Gasteiger partial charge in [-0.25, -0.2) is 4.98 Å². The third-order valence-corrected chi connectivity index (χ3v) is 5.55. The lowest BCUT2D eigenvalue weighted by molar-refractivity contribution is -0.121. The molecule has 0 saturated carbocycles. The van der Waals surface area contributed by atoms with E-state index in [1.807, 2.05) is 30.5 Å². The van der Waals surface area contributed by atoms with E-state index in [0.717, 1.165) is 10.6 Å². The van der Waals surface area contributed by atoms with Gasteiger partial charge in [-0.2, -0.15) is 0 Å². The number of para-hydroxylation sites is 1. The van der Waals surface area contributed by atoms with Gasteiger partial charge in [0.05, 0.1) is 22.5 Å². The molecule has 1 unspecified atom stereocenters. The number of carbonyl (C=O) groups is 3. The molecule has 0 saturated heterocycles. The number of thiazole rings is 1. The zero-order chi connectivity index (χ0) is 19.8. The predicted molar refractivity (Wildman–Crippen MR) is 107 cm³/mol. The van der Waals surface area contributed by atoms with Crippen LogP contribution >= 0.6 is 11.3 Å². The molecule has 2 aromatic carbocycles. The maximum Gasteiger partial charge on any atom is 0.262 e. The van der Waals surface area contributed by atoms with Crippen LogP contribution in [-0.4, -0.2) is 33.6 Å². The van der Waals surface area contributed by atoms with E-state index < -0.39 is 23.8 Å². The Labute approximate surface area is 166 Å². The molecule has 2 heterocycles. The molecule has 0 spiro atoms. The van der Waals surface area contributed by atoms with Gasteiger partial charge in [0.25, 0.3) is 17.7 Å². The van der Waals surface area contributed by atoms with Gasteiger partial charge in [0.15, 0.2) is 5.13 Å². The lowest BCUT2D eigenvalue weighted by Gasteiger charge is -2.28. The number of carbonyl (C=O) groups excluding carboxylic acids is 3. The molecule has 28 heavy (non-hydrogen) atoms. The second kappa shape index (κ2) is 7.01. The predicted octanol–water partition coefficient (Wildman–Crippen LogP) is 3.80. The van der Waals surface area contributed by atoms with Crippen molar-refractivity contribution in [3.8, 4) is 0 Å². The Bertz CT molecular complexity index is 1040. The Morgan fingerprint density at radius 3 is 2.11 bits per heavy atom. The fourth-order valence-corrected chi connectivity index (χ4v) is 4.04. The number of nitrogens with zero attached hydrogens (tertiary/aromatic N) is 3. The Kier molecular flexibility index (Phi) is 4.52. The van der Waals surface area contributed by atoms with Crippen molar-refractivity contribution in [2.75, 3.05) is 4.90 Å². The highest BCUT2D eigenvalue weighted by atomic mass is 32.1. The zero-order valence-electron chi connectivity index (χ0n) is 15.3. The van der Waals surface area contributed by atoms with E-state index in [9.17, 15) is 14.4 Å². The molecular weight excluding hydrogens is 374 g/mol. The highest BCUT2D eigenvalue weighted by Gasteiger charge is 2.42. The van der Waals surface area contributed by atoms with Crippen molar-refractivity contribution >= 4 is 39.9 Å². The molecule has 1 aromatic heterocycles. The molecule has 0 bridgehead atoms. The fraction of sp³-hybridized carbons (Fsp3) is 0.143. The van der Waals surface area contributed by atoms with Crippen molar-refractivity contribution in [1.29, 1.82) is 0 Å². The summed E-state index contributed by atoms with van der Waals surface area (Å²) in [5.74, 6) is -1.30. The number of rotatable bonds is 4. The van der Waals surface area contributed by atoms with Crippen molar-refractivity contribution in [2.45, 2.75) is 19.9 Å². The number of hydrogen-bond donors (Lipinski definition) is 0. The maximum atomic E-state index is 13.4. The molecule has 4 rings (SSSR count). The van der Waals surface area contributed by atoms with E-state index in [0.29, 0.717) is 21.9 Å². The third-order valence-electron chi connectivity index (χ3n) is 4.60. The number of anilines is 2. The van der Waals surface area contributed by atoms with Gasteiger partial charge in [0, 0.05) is 5.38 Å². The number of hydrogen-bond acceptors (Lipinski definition) is 5. The zero-order valence-corrected chi connectivity index (χ0v) is 16.1. The van der Waals surface area contributed by atoms with Crippen molar-refractivity contribution in [1.82, 2.24) is 9.88 Å². The number of aromatic nitrogens is 1. The van der Waals surface area contributed by atoms with Gasteiger partial charge < -0.3 is 0 Å². The quantitative estimate of drug-likeness (QED) is 0.634. The highest BCUT2D eigenvalue weighted by molar-refractivity contribution is 7.14. The lowest BCUT2D eigenvalue weighted by Crippen LogP contribution is -2.48. The van der Waals surface area contributed by atoms with Gasteiger partial charge in [0.2, 0.25) is 0 Å². The van der Waals surface area contributed by atoms with Crippen LogP contribution in [0.4, 0.5) is 10.8 Å². The van der Waals surface area contributed by atoms with Gasteiger partial charge >= 0.3 is 0 Å². The van der Waals surface area contributed by atoms with E-state index in [1.165, 1.54) is 16.2 Å². The Balaban J connectivity index is 1.72. The highest BCUT2D eigenvalue weighted by Crippen LogP contribution is 2.31. The molecule has 0 aliphatic carbocycles. The molecule has 140 valence electrons. The van der Waals surface area contributed by atoms with Crippen LogP contribution in [0.1, 0.15) is 33.3 Å². The molecule has 0 fully saturated rings. The largest absolute Gasteiger partial charge is 0.272 e. The van der Waals surface area contributed by atoms with Gasteiger partial charge in [-0.3, -0.25) is 24.2 Å². The van der Waals surface area contributed by atoms with E-state index >= 15 is 0 Å².